The van der Waals surface area contributed by atoms with Gasteiger partial charge in [0.1, 0.15) is 5.83 Å². The van der Waals surface area contributed by atoms with Crippen molar-refractivity contribution in [3.05, 3.63) is 11.7 Å². The van der Waals surface area contributed by atoms with Gasteiger partial charge in [0.15, 0.2) is 0 Å². The summed E-state index contributed by atoms with van der Waals surface area (Å²) in [5.41, 5.74) is 0. The maximum atomic E-state index is 12.3. The number of alkyl halides is 2. The third-order valence-corrected chi connectivity index (χ3v) is 1.10. The monoisotopic (exact) mass is 185 g/mol. The van der Waals surface area contributed by atoms with Gasteiger partial charge in [-0.25, -0.2) is 4.39 Å². The van der Waals surface area contributed by atoms with Crippen molar-refractivity contribution in [2.45, 2.75) is 13.0 Å². The lowest BCUT2D eigenvalue weighted by molar-refractivity contribution is -0.144. The highest BCUT2D eigenvalue weighted by Crippen LogP contribution is 2.19. The molecule has 1 N–H and O–H groups in total. The Balaban J connectivity index is 4.74. The number of hydrogen-bond donors (Lipinski definition) is 1. The maximum absolute atomic E-state index is 12.3. The predicted octanol–water partition coefficient (Wildman–Crippen LogP) is 1.54. The van der Waals surface area contributed by atoms with Gasteiger partial charge in [0, 0.05) is 0 Å². The maximum Gasteiger partial charge on any atom is 0.368 e. The third-order valence-electron chi connectivity index (χ3n) is 1.10. The van der Waals surface area contributed by atoms with E-state index >= 15 is 0 Å². The van der Waals surface area contributed by atoms with E-state index in [2.05, 4.69) is 0 Å². The summed E-state index contributed by atoms with van der Waals surface area (Å²) in [6.07, 6.45) is 0. The molecule has 0 aromatic rings. The van der Waals surface area contributed by atoms with Crippen LogP contribution in [0.15, 0.2) is 11.7 Å². The first-order chi connectivity index (χ1) is 5.33. The number of hydrogen-bond acceptors (Lipinski definition) is 2. The summed E-state index contributed by atoms with van der Waals surface area (Å²) in [6.45, 7) is 0.582. The van der Waals surface area contributed by atoms with Crippen LogP contribution in [0.1, 0.15) is 6.92 Å². The molecule has 0 heterocycles. The zero-order valence-corrected chi connectivity index (χ0v) is 6.42. The molecule has 0 fully saturated rings. The molecule has 6 heteroatoms. The zero-order chi connectivity index (χ0) is 9.94. The number of halogens is 4. The van der Waals surface area contributed by atoms with Gasteiger partial charge in [0.05, 0.1) is 0 Å². The van der Waals surface area contributed by atoms with Crippen LogP contribution in [0.3, 0.4) is 0 Å². The highest BCUT2D eigenvalue weighted by molar-refractivity contribution is 5.98. The van der Waals surface area contributed by atoms with Crippen molar-refractivity contribution in [2.24, 2.45) is 0 Å². The minimum Gasteiger partial charge on any atom is -0.283 e. The average Bonchev–Trinajstić information content (AvgIpc) is 2.01. The van der Waals surface area contributed by atoms with E-state index in [0.717, 1.165) is 7.05 Å². The smallest absolute Gasteiger partial charge is 0.283 e. The van der Waals surface area contributed by atoms with Gasteiger partial charge in [-0.3, -0.25) is 10.1 Å². The summed E-state index contributed by atoms with van der Waals surface area (Å²) >= 11 is 0. The van der Waals surface area contributed by atoms with Gasteiger partial charge >= 0.3 is 6.05 Å². The Morgan fingerprint density at radius 1 is 1.33 bits per heavy atom. The second kappa shape index (κ2) is 3.66. The summed E-state index contributed by atoms with van der Waals surface area (Å²) in [4.78, 5) is 10.4. The third kappa shape index (κ3) is 2.30. The van der Waals surface area contributed by atoms with E-state index in [1.165, 1.54) is 5.32 Å². The van der Waals surface area contributed by atoms with Crippen molar-refractivity contribution in [3.8, 4) is 0 Å². The highest BCUT2D eigenvalue weighted by Gasteiger charge is 2.40. The fraction of sp³-hybridized carbons (Fsp3) is 0.500. The Labute approximate surface area is 66.2 Å². The topological polar surface area (TPSA) is 29.1 Å². The number of nitrogens with one attached hydrogen (secondary N) is 1. The number of allylic oxidation sites excluding steroid dienone is 1. The second-order valence-corrected chi connectivity index (χ2v) is 2.00. The Morgan fingerprint density at radius 3 is 2.00 bits per heavy atom. The number of likely N-dealkylation sites (N-methyl/N-ethyl adjacent to an activating group) is 1. The van der Waals surface area contributed by atoms with Crippen molar-refractivity contribution in [2.75, 3.05) is 7.05 Å². The largest absolute Gasteiger partial charge is 0.368 e. The first-order valence-corrected chi connectivity index (χ1v) is 2.96. The zero-order valence-electron chi connectivity index (χ0n) is 6.42. The van der Waals surface area contributed by atoms with Crippen LogP contribution in [0.2, 0.25) is 0 Å². The van der Waals surface area contributed by atoms with Gasteiger partial charge in [-0.05, 0) is 14.0 Å². The first-order valence-electron chi connectivity index (χ1n) is 2.96. The van der Waals surface area contributed by atoms with Crippen LogP contribution < -0.4 is 5.32 Å². The van der Waals surface area contributed by atoms with Crippen molar-refractivity contribution in [1.82, 2.24) is 5.32 Å². The summed E-state index contributed by atoms with van der Waals surface area (Å²) in [6, 6.07) is -4.06. The van der Waals surface area contributed by atoms with Gasteiger partial charge in [0.25, 0.3) is 5.78 Å². The van der Waals surface area contributed by atoms with E-state index in [-0.39, 0.29) is 0 Å². The summed E-state index contributed by atoms with van der Waals surface area (Å²) in [5, 5.41) is 1.25. The molecule has 0 aliphatic heterocycles. The molecule has 0 unspecified atom stereocenters. The molecule has 0 saturated carbocycles. The molecule has 0 bridgehead atoms. The number of carbonyl (C=O) groups excluding carboxylic acids is 1. The van der Waals surface area contributed by atoms with Crippen molar-refractivity contribution >= 4 is 5.78 Å². The van der Waals surface area contributed by atoms with E-state index in [4.69, 9.17) is 0 Å². The highest BCUT2D eigenvalue weighted by atomic mass is 19.3. The quantitative estimate of drug-likeness (QED) is 0.410. The van der Waals surface area contributed by atoms with Crippen LogP contribution in [-0.2, 0) is 4.79 Å². The molecule has 0 spiro atoms. The Kier molecular flexibility index (Phi) is 3.38. The molecule has 0 aliphatic rings. The predicted molar refractivity (Wildman–Crippen MR) is 33.9 cm³/mol. The van der Waals surface area contributed by atoms with Crippen LogP contribution in [-0.4, -0.2) is 18.9 Å². The van der Waals surface area contributed by atoms with Crippen LogP contribution in [0.4, 0.5) is 17.6 Å². The van der Waals surface area contributed by atoms with Crippen molar-refractivity contribution < 1.29 is 22.4 Å². The standard InChI is InChI=1S/C6H7F4NO/c1-3(7)4(8)5(12)6(9,10)11-2/h11H,1-2H3/b4-3-. The van der Waals surface area contributed by atoms with E-state index < -0.39 is 23.5 Å². The molecule has 0 atom stereocenters. The molecule has 70 valence electrons. The minimum absolute atomic E-state index is 0.582. The van der Waals surface area contributed by atoms with Gasteiger partial charge in [-0.15, -0.1) is 0 Å². The molecule has 0 radical (unpaired) electrons. The van der Waals surface area contributed by atoms with E-state index in [9.17, 15) is 22.4 Å². The summed E-state index contributed by atoms with van der Waals surface area (Å²) in [7, 11) is 0.763. The molecule has 0 aliphatic carbocycles. The normalized spacial score (nSPS) is 14.2. The SMILES string of the molecule is CNC(F)(F)C(=O)/C(F)=C(\C)F. The lowest BCUT2D eigenvalue weighted by Crippen LogP contribution is -2.42. The Bertz CT molecular complexity index is 220. The lowest BCUT2D eigenvalue weighted by Gasteiger charge is -2.11. The second-order valence-electron chi connectivity index (χ2n) is 2.00. The number of carbonyl (C=O) groups is 1. The van der Waals surface area contributed by atoms with Crippen LogP contribution >= 0.6 is 0 Å². The van der Waals surface area contributed by atoms with E-state index in [0.29, 0.717) is 6.92 Å². The van der Waals surface area contributed by atoms with Crippen LogP contribution in [0.5, 0.6) is 0 Å². The number of ketones is 1. The van der Waals surface area contributed by atoms with Crippen molar-refractivity contribution in [1.29, 1.82) is 0 Å². The first kappa shape index (κ1) is 11.1. The van der Waals surface area contributed by atoms with Crippen molar-refractivity contribution in [3.63, 3.8) is 0 Å². The summed E-state index contributed by atoms with van der Waals surface area (Å²) < 4.78 is 48.7. The van der Waals surface area contributed by atoms with Gasteiger partial charge in [-0.1, -0.05) is 0 Å². The molecule has 0 amide bonds. The molecular formula is C6H7F4NO. The van der Waals surface area contributed by atoms with E-state index in [1.807, 2.05) is 0 Å². The molecule has 0 rings (SSSR count). The fourth-order valence-electron chi connectivity index (χ4n) is 0.408. The molecule has 0 saturated heterocycles. The Hall–Kier alpha value is -0.910. The lowest BCUT2D eigenvalue weighted by atomic mass is 10.3. The molecule has 0 aromatic heterocycles. The van der Waals surface area contributed by atoms with Crippen LogP contribution in [0.25, 0.3) is 0 Å². The molecule has 12 heavy (non-hydrogen) atoms. The number of Topliss-reactive ketones (excluding diaryl/α,β-unsaturated/α-hetero) is 1. The average molecular weight is 185 g/mol. The minimum atomic E-state index is -4.06. The molecule has 2 nitrogen and oxygen atoms in total. The van der Waals surface area contributed by atoms with E-state index in [1.54, 1.807) is 0 Å². The van der Waals surface area contributed by atoms with Gasteiger partial charge in [0.2, 0.25) is 5.83 Å². The Morgan fingerprint density at radius 2 is 1.75 bits per heavy atom. The van der Waals surface area contributed by atoms with Gasteiger partial charge < -0.3 is 0 Å². The van der Waals surface area contributed by atoms with Crippen LogP contribution in [0, 0.1) is 0 Å². The fourth-order valence-corrected chi connectivity index (χ4v) is 0.408. The molecule has 0 aromatic carbocycles. The van der Waals surface area contributed by atoms with Gasteiger partial charge in [-0.2, -0.15) is 13.2 Å². The molecular weight excluding hydrogens is 178 g/mol. The summed E-state index contributed by atoms with van der Waals surface area (Å²) in [5.74, 6) is -5.82. The number of rotatable bonds is 3.